The summed E-state index contributed by atoms with van der Waals surface area (Å²) in [5.41, 5.74) is 2.47. The molecule has 2 heteroatoms. The third-order valence-corrected chi connectivity index (χ3v) is 6.38. The fourth-order valence-corrected chi connectivity index (χ4v) is 5.38. The number of ketones is 1. The highest BCUT2D eigenvalue weighted by molar-refractivity contribution is 5.99. The Labute approximate surface area is 120 Å². The summed E-state index contributed by atoms with van der Waals surface area (Å²) in [5, 5.41) is 9.64. The number of hydrogen-bond acceptors (Lipinski definition) is 2. The van der Waals surface area contributed by atoms with Crippen molar-refractivity contribution in [2.75, 3.05) is 0 Å². The minimum atomic E-state index is 0.220. The summed E-state index contributed by atoms with van der Waals surface area (Å²) in [6.07, 6.45) is 7.19. The van der Waals surface area contributed by atoms with Crippen molar-refractivity contribution >= 4 is 5.78 Å². The van der Waals surface area contributed by atoms with Gasteiger partial charge in [0.05, 0.1) is 0 Å². The van der Waals surface area contributed by atoms with E-state index in [1.807, 2.05) is 6.07 Å². The average molecular weight is 270 g/mol. The number of phenols is 1. The average Bonchev–Trinajstić information content (AvgIpc) is 2.81. The van der Waals surface area contributed by atoms with Gasteiger partial charge in [0, 0.05) is 12.0 Å². The van der Waals surface area contributed by atoms with E-state index >= 15 is 0 Å². The van der Waals surface area contributed by atoms with Crippen LogP contribution in [0.2, 0.25) is 0 Å². The molecule has 2 fully saturated rings. The quantitative estimate of drug-likeness (QED) is 0.764. The van der Waals surface area contributed by atoms with E-state index in [4.69, 9.17) is 0 Å². The number of carbonyl (C=O) groups excluding carboxylic acids is 1. The van der Waals surface area contributed by atoms with Crippen LogP contribution >= 0.6 is 0 Å². The molecule has 20 heavy (non-hydrogen) atoms. The van der Waals surface area contributed by atoms with Crippen LogP contribution in [-0.4, -0.2) is 10.9 Å². The van der Waals surface area contributed by atoms with Crippen LogP contribution in [-0.2, 0) is 0 Å². The monoisotopic (exact) mass is 270 g/mol. The largest absolute Gasteiger partial charge is 0.508 e. The Morgan fingerprint density at radius 2 is 2.10 bits per heavy atom. The lowest BCUT2D eigenvalue weighted by Crippen LogP contribution is -2.41. The van der Waals surface area contributed by atoms with E-state index < -0.39 is 0 Å². The Bertz CT molecular complexity index is 577. The van der Waals surface area contributed by atoms with Gasteiger partial charge in [-0.1, -0.05) is 19.4 Å². The van der Waals surface area contributed by atoms with Gasteiger partial charge in [-0.15, -0.1) is 0 Å². The van der Waals surface area contributed by atoms with Crippen LogP contribution in [0.15, 0.2) is 18.2 Å². The molecule has 0 saturated heterocycles. The SMILES string of the molecule is CC12CCCC1C1CC(=O)c3cc(O)ccc3C1CC2. The first-order valence-corrected chi connectivity index (χ1v) is 7.95. The number of carbonyl (C=O) groups is 1. The van der Waals surface area contributed by atoms with Crippen molar-refractivity contribution in [2.24, 2.45) is 17.3 Å². The molecule has 4 atom stereocenters. The van der Waals surface area contributed by atoms with Gasteiger partial charge in [0.25, 0.3) is 0 Å². The lowest BCUT2D eigenvalue weighted by molar-refractivity contribution is 0.0527. The van der Waals surface area contributed by atoms with Crippen molar-refractivity contribution in [1.29, 1.82) is 0 Å². The predicted molar refractivity (Wildman–Crippen MR) is 78.0 cm³/mol. The molecule has 3 aliphatic rings. The summed E-state index contributed by atoms with van der Waals surface area (Å²) in [4.78, 5) is 12.5. The number of hydrogen-bond donors (Lipinski definition) is 1. The van der Waals surface area contributed by atoms with E-state index in [1.165, 1.54) is 37.7 Å². The lowest BCUT2D eigenvalue weighted by Gasteiger charge is -2.48. The van der Waals surface area contributed by atoms with Gasteiger partial charge in [0.1, 0.15) is 5.75 Å². The highest BCUT2D eigenvalue weighted by Gasteiger charge is 2.51. The van der Waals surface area contributed by atoms with E-state index in [-0.39, 0.29) is 11.5 Å². The van der Waals surface area contributed by atoms with Crippen molar-refractivity contribution in [1.82, 2.24) is 0 Å². The summed E-state index contributed by atoms with van der Waals surface area (Å²) in [6, 6.07) is 5.42. The van der Waals surface area contributed by atoms with Crippen LogP contribution in [0.3, 0.4) is 0 Å². The zero-order chi connectivity index (χ0) is 13.9. The predicted octanol–water partition coefficient (Wildman–Crippen LogP) is 4.28. The van der Waals surface area contributed by atoms with Crippen LogP contribution in [0.1, 0.15) is 67.3 Å². The highest BCUT2D eigenvalue weighted by Crippen LogP contribution is 2.60. The van der Waals surface area contributed by atoms with Gasteiger partial charge in [0.2, 0.25) is 0 Å². The van der Waals surface area contributed by atoms with Crippen LogP contribution in [0.25, 0.3) is 0 Å². The second-order valence-corrected chi connectivity index (χ2v) is 7.36. The van der Waals surface area contributed by atoms with E-state index in [0.717, 1.165) is 11.5 Å². The maximum absolute atomic E-state index is 12.5. The van der Waals surface area contributed by atoms with Crippen molar-refractivity contribution in [3.63, 3.8) is 0 Å². The Balaban J connectivity index is 1.78. The molecule has 1 aromatic carbocycles. The topological polar surface area (TPSA) is 37.3 Å². The van der Waals surface area contributed by atoms with E-state index in [9.17, 15) is 9.90 Å². The fourth-order valence-electron chi connectivity index (χ4n) is 5.38. The first kappa shape index (κ1) is 12.4. The lowest BCUT2D eigenvalue weighted by atomic mass is 9.55. The minimum Gasteiger partial charge on any atom is -0.508 e. The zero-order valence-corrected chi connectivity index (χ0v) is 12.1. The molecule has 0 spiro atoms. The Morgan fingerprint density at radius 3 is 2.95 bits per heavy atom. The van der Waals surface area contributed by atoms with Crippen LogP contribution < -0.4 is 0 Å². The third-order valence-electron chi connectivity index (χ3n) is 6.38. The van der Waals surface area contributed by atoms with Crippen molar-refractivity contribution in [3.05, 3.63) is 29.3 Å². The van der Waals surface area contributed by atoms with Gasteiger partial charge in [-0.25, -0.2) is 0 Å². The van der Waals surface area contributed by atoms with Crippen LogP contribution in [0.5, 0.6) is 5.75 Å². The van der Waals surface area contributed by atoms with Gasteiger partial charge in [0.15, 0.2) is 5.78 Å². The van der Waals surface area contributed by atoms with Gasteiger partial charge in [-0.05, 0) is 66.5 Å². The Morgan fingerprint density at radius 1 is 1.25 bits per heavy atom. The van der Waals surface area contributed by atoms with Gasteiger partial charge >= 0.3 is 0 Å². The molecule has 1 aromatic rings. The van der Waals surface area contributed by atoms with Crippen LogP contribution in [0, 0.1) is 17.3 Å². The number of Topliss-reactive ketones (excluding diaryl/α,β-unsaturated/α-hetero) is 1. The molecular formula is C18H22O2. The molecule has 3 aliphatic carbocycles. The summed E-state index contributed by atoms with van der Waals surface area (Å²) < 4.78 is 0. The molecule has 0 heterocycles. The first-order valence-electron chi connectivity index (χ1n) is 7.95. The molecule has 0 bridgehead atoms. The third kappa shape index (κ3) is 1.60. The van der Waals surface area contributed by atoms with Crippen molar-refractivity contribution in [3.8, 4) is 5.75 Å². The van der Waals surface area contributed by atoms with Crippen molar-refractivity contribution in [2.45, 2.75) is 51.4 Å². The molecule has 0 radical (unpaired) electrons. The second-order valence-electron chi connectivity index (χ2n) is 7.36. The molecule has 4 rings (SSSR count). The molecule has 106 valence electrons. The van der Waals surface area contributed by atoms with E-state index in [2.05, 4.69) is 6.92 Å². The smallest absolute Gasteiger partial charge is 0.163 e. The molecule has 4 unspecified atom stereocenters. The molecule has 2 nitrogen and oxygen atoms in total. The van der Waals surface area contributed by atoms with Crippen LogP contribution in [0.4, 0.5) is 0 Å². The number of phenolic OH excluding ortho intramolecular Hbond substituents is 1. The molecule has 2 saturated carbocycles. The number of benzene rings is 1. The van der Waals surface area contributed by atoms with Gasteiger partial charge in [-0.3, -0.25) is 4.79 Å². The normalized spacial score (nSPS) is 39.0. The second kappa shape index (κ2) is 4.09. The molecule has 0 aromatic heterocycles. The summed E-state index contributed by atoms with van der Waals surface area (Å²) in [6.45, 7) is 2.44. The zero-order valence-electron chi connectivity index (χ0n) is 12.1. The first-order chi connectivity index (χ1) is 9.58. The Hall–Kier alpha value is -1.31. The standard InChI is InChI=1S/C18H22O2/c1-18-7-2-3-16(18)14-10-17(20)15-9-11(19)4-5-12(15)13(14)6-8-18/h4-5,9,13-14,16,19H,2-3,6-8,10H2,1H3. The summed E-state index contributed by atoms with van der Waals surface area (Å²) >= 11 is 0. The molecule has 0 amide bonds. The molecule has 0 aliphatic heterocycles. The number of rotatable bonds is 0. The van der Waals surface area contributed by atoms with E-state index in [1.54, 1.807) is 12.1 Å². The molecule has 1 N–H and O–H groups in total. The minimum absolute atomic E-state index is 0.220. The number of aromatic hydroxyl groups is 1. The maximum Gasteiger partial charge on any atom is 0.163 e. The summed E-state index contributed by atoms with van der Waals surface area (Å²) in [7, 11) is 0. The highest BCUT2D eigenvalue weighted by atomic mass is 16.3. The van der Waals surface area contributed by atoms with E-state index in [0.29, 0.717) is 23.7 Å². The fraction of sp³-hybridized carbons (Fsp3) is 0.611. The number of fused-ring (bicyclic) bond motifs is 5. The van der Waals surface area contributed by atoms with Gasteiger partial charge < -0.3 is 5.11 Å². The van der Waals surface area contributed by atoms with Crippen molar-refractivity contribution < 1.29 is 9.90 Å². The van der Waals surface area contributed by atoms with Gasteiger partial charge in [-0.2, -0.15) is 0 Å². The molecular weight excluding hydrogens is 248 g/mol. The summed E-state index contributed by atoms with van der Waals surface area (Å²) in [5.74, 6) is 2.28. The maximum atomic E-state index is 12.5. The Kier molecular flexibility index (Phi) is 2.55.